The average molecular weight is 133 g/mol. The van der Waals surface area contributed by atoms with Crippen LogP contribution in [0.2, 0.25) is 0 Å². The first-order valence-electron chi connectivity index (χ1n) is 0.309. The van der Waals surface area contributed by atoms with E-state index in [1.165, 1.54) is 5.15 Å². The molecule has 29 valence electrons. The zero-order chi connectivity index (χ0) is 2.71. The molecule has 0 aromatic heterocycles. The molecule has 0 bridgehead atoms. The first kappa shape index (κ1) is 16.5. The van der Waals surface area contributed by atoms with E-state index in [0.717, 1.165) is 0 Å². The summed E-state index contributed by atoms with van der Waals surface area (Å²) < 4.78 is 18.2. The summed E-state index contributed by atoms with van der Waals surface area (Å²) in [6.07, 6.45) is 0. The van der Waals surface area contributed by atoms with Gasteiger partial charge in [0.15, 0.2) is 0 Å². The number of halogens is 2. The maximum absolute atomic E-state index is 9.12. The van der Waals surface area contributed by atoms with Crippen LogP contribution in [-0.4, -0.2) is 23.1 Å². The number of hydrogen-bond donors (Lipinski definition) is 0. The molecular weight excluding hydrogens is 133 g/mol. The van der Waals surface area contributed by atoms with Gasteiger partial charge in [0.25, 0.3) is 0 Å². The van der Waals surface area contributed by atoms with Crippen molar-refractivity contribution in [1.82, 2.24) is 0 Å². The van der Waals surface area contributed by atoms with E-state index in [0.29, 0.717) is 0 Å². The number of rotatable bonds is 0. The fourth-order valence-electron chi connectivity index (χ4n) is 0. The molecule has 0 unspecified atom stereocenters. The topological polar surface area (TPSA) is 9.23 Å². The van der Waals surface area contributed by atoms with Crippen LogP contribution in [0.3, 0.4) is 0 Å². The van der Waals surface area contributed by atoms with Crippen molar-refractivity contribution in [2.24, 2.45) is 0 Å². The van der Waals surface area contributed by atoms with Crippen LogP contribution in [0.1, 0.15) is 0 Å². The van der Waals surface area contributed by atoms with Crippen LogP contribution in [0.15, 0.2) is 0 Å². The molecule has 0 amide bonds. The molecule has 0 heterocycles. The normalized spacial score (nSPS) is 3.60. The van der Waals surface area contributed by atoms with Crippen molar-refractivity contribution in [3.8, 4) is 0 Å². The Morgan fingerprint density at radius 2 is 1.20 bits per heavy atom. The van der Waals surface area contributed by atoms with Crippen LogP contribution >= 0.6 is 0 Å². The van der Waals surface area contributed by atoms with Crippen molar-refractivity contribution in [1.29, 1.82) is 0 Å². The molecule has 0 N–H and O–H groups in total. The van der Waals surface area contributed by atoms with Gasteiger partial charge < -0.3 is 0 Å². The fourth-order valence-corrected chi connectivity index (χ4v) is 0. The molecule has 0 atom stereocenters. The van der Waals surface area contributed by atoms with Gasteiger partial charge >= 0.3 is 0 Å². The van der Waals surface area contributed by atoms with E-state index in [1.54, 1.807) is 0 Å². The molecule has 0 aromatic rings. The van der Waals surface area contributed by atoms with Crippen molar-refractivity contribution in [3.63, 3.8) is 0 Å². The van der Waals surface area contributed by atoms with Crippen LogP contribution in [0, 0.1) is 0 Å². The predicted molar refractivity (Wildman–Crippen MR) is 9.05 cm³/mol. The summed E-state index contributed by atoms with van der Waals surface area (Å²) in [7, 11) is 0. The quantitative estimate of drug-likeness (QED) is 0.434. The third kappa shape index (κ3) is 40.3. The Hall–Kier alpha value is 1.11. The summed E-state index contributed by atoms with van der Waals surface area (Å²) in [5.41, 5.74) is 0. The fraction of sp³-hybridized carbons (Fsp3) is 0. The van der Waals surface area contributed by atoms with E-state index in [2.05, 4.69) is 0 Å². The largest absolute Gasteiger partial charge is 0.0209 e. The Balaban J connectivity index is -0.0000000200. The summed E-state index contributed by atoms with van der Waals surface area (Å²) in [5, 5.41) is 1.25. The van der Waals surface area contributed by atoms with E-state index in [-0.39, 0.29) is 40.1 Å². The molecule has 0 aliphatic rings. The molecule has 5 heteroatoms. The van der Waals surface area contributed by atoms with Gasteiger partial charge in [0.05, 0.1) is 0 Å². The molecule has 0 aromatic carbocycles. The van der Waals surface area contributed by atoms with Gasteiger partial charge in [-0.15, -0.1) is 0 Å². The molecule has 1 nitrogen and oxygen atoms in total. The third-order valence-electron chi connectivity index (χ3n) is 0. The molecule has 3 radical (unpaired) electrons. The van der Waals surface area contributed by atoms with Gasteiger partial charge in [0.1, 0.15) is 0 Å². The molecule has 0 saturated heterocycles. The van der Waals surface area contributed by atoms with E-state index < -0.39 is 0 Å². The molecule has 0 aliphatic carbocycles. The average Bonchev–Trinajstić information content (AvgIpc) is 0.918. The van der Waals surface area contributed by atoms with Crippen molar-refractivity contribution in [2.75, 3.05) is 0 Å². The molecule has 0 aliphatic heterocycles. The Bertz CT molecular complexity index is 9.61. The smallest absolute Gasteiger partial charge is 0.0104 e. The Morgan fingerprint density at radius 1 is 1.20 bits per heavy atom. The first-order valence-corrected chi connectivity index (χ1v) is 0.309. The summed E-state index contributed by atoms with van der Waals surface area (Å²) in [6, 6.07) is 0. The minimum absolute atomic E-state index is 0. The maximum atomic E-state index is 9.12. The van der Waals surface area contributed by atoms with Crippen LogP contribution in [0.4, 0.5) is 9.05 Å². The van der Waals surface area contributed by atoms with Crippen LogP contribution < -0.4 is 0 Å². The van der Waals surface area contributed by atoms with Gasteiger partial charge in [-0.05, 0) is 9.05 Å². The van der Waals surface area contributed by atoms with Gasteiger partial charge in [0, 0.05) is 45.3 Å². The second kappa shape index (κ2) is 19.4. The Morgan fingerprint density at radius 3 is 1.20 bits per heavy atom. The molecular formula is F2MgMnO. The number of hydrogen-bond acceptors (Lipinski definition) is 1. The monoisotopic (exact) mass is 133 g/mol. The summed E-state index contributed by atoms with van der Waals surface area (Å²) in [4.78, 5) is 0. The van der Waals surface area contributed by atoms with Crippen LogP contribution in [0.25, 0.3) is 0 Å². The SMILES string of the molecule is FOF.[Mg].[Mn]. The minimum atomic E-state index is 0. The van der Waals surface area contributed by atoms with E-state index in [4.69, 9.17) is 9.05 Å². The van der Waals surface area contributed by atoms with Crippen molar-refractivity contribution in [3.05, 3.63) is 0 Å². The zero-order valence-corrected chi connectivity index (χ0v) is 4.84. The third-order valence-corrected chi connectivity index (χ3v) is 0. The van der Waals surface area contributed by atoms with Crippen molar-refractivity contribution in [2.45, 2.75) is 0 Å². The van der Waals surface area contributed by atoms with Gasteiger partial charge in [-0.2, -0.15) is 0 Å². The van der Waals surface area contributed by atoms with Gasteiger partial charge in [-0.25, -0.2) is 0 Å². The maximum Gasteiger partial charge on any atom is 0.0209 e. The Kier molecular flexibility index (Phi) is 64.1. The van der Waals surface area contributed by atoms with E-state index in [1.807, 2.05) is 0 Å². The van der Waals surface area contributed by atoms with E-state index in [9.17, 15) is 0 Å². The predicted octanol–water partition coefficient (Wildman–Crippen LogP) is 0.389. The van der Waals surface area contributed by atoms with Gasteiger partial charge in [-0.3, -0.25) is 0 Å². The molecule has 0 spiro atoms. The summed E-state index contributed by atoms with van der Waals surface area (Å²) in [5.74, 6) is 0. The van der Waals surface area contributed by atoms with E-state index >= 15 is 0 Å². The van der Waals surface area contributed by atoms with Gasteiger partial charge in [-0.1, -0.05) is 0 Å². The summed E-state index contributed by atoms with van der Waals surface area (Å²) in [6.45, 7) is 0. The molecule has 5 heavy (non-hydrogen) atoms. The molecule has 0 fully saturated rings. The minimum Gasteiger partial charge on any atom is -0.0104 e. The van der Waals surface area contributed by atoms with Crippen LogP contribution in [-0.2, 0) is 22.2 Å². The second-order valence-corrected chi connectivity index (χ2v) is 0.0583. The van der Waals surface area contributed by atoms with Crippen molar-refractivity contribution < 1.29 is 31.3 Å². The summed E-state index contributed by atoms with van der Waals surface area (Å²) >= 11 is 0. The molecule has 0 rings (SSSR count). The zero-order valence-electron chi connectivity index (χ0n) is 2.25. The van der Waals surface area contributed by atoms with Crippen LogP contribution in [0.5, 0.6) is 0 Å². The molecule has 0 saturated carbocycles. The first-order chi connectivity index (χ1) is 1.41. The van der Waals surface area contributed by atoms with Crippen molar-refractivity contribution >= 4 is 23.1 Å². The standard InChI is InChI=1S/F2O.Mg.Mn/c1-3-2;;. The second-order valence-electron chi connectivity index (χ2n) is 0.0583. The Labute approximate surface area is 54.5 Å². The van der Waals surface area contributed by atoms with Gasteiger partial charge in [0.2, 0.25) is 0 Å².